The zero-order chi connectivity index (χ0) is 21.1. The highest BCUT2D eigenvalue weighted by atomic mass is 16.5. The number of carbonyl (C=O) groups excluding carboxylic acids is 3. The Bertz CT molecular complexity index is 1050. The van der Waals surface area contributed by atoms with Crippen LogP contribution in [0, 0.1) is 35.5 Å². The molecule has 5 aliphatic rings. The standard InChI is InChI=1S/C26H23NO4/c28-22(31-17-8-6-16(7-9-17)15-4-2-1-3-5-15)12-13-27-25(29)23-18-10-11-19(21-14-20(18)21)24(23)26(27)30/h1-11,18-21,23-24H,12-14H2. The Morgan fingerprint density at radius 3 is 2.03 bits per heavy atom. The molecule has 5 heteroatoms. The summed E-state index contributed by atoms with van der Waals surface area (Å²) in [5.41, 5.74) is 2.13. The molecular formula is C26H23NO4. The first-order chi connectivity index (χ1) is 15.1. The van der Waals surface area contributed by atoms with E-state index in [1.165, 1.54) is 4.90 Å². The summed E-state index contributed by atoms with van der Waals surface area (Å²) in [5, 5.41) is 0. The Labute approximate surface area is 180 Å². The van der Waals surface area contributed by atoms with Gasteiger partial charge in [0.2, 0.25) is 11.8 Å². The van der Waals surface area contributed by atoms with E-state index >= 15 is 0 Å². The summed E-state index contributed by atoms with van der Waals surface area (Å²) in [5.74, 6) is 0.966. The van der Waals surface area contributed by atoms with Gasteiger partial charge in [0.05, 0.1) is 18.3 Å². The Hall–Kier alpha value is -3.21. The molecule has 2 aromatic carbocycles. The number of likely N-dealkylation sites (tertiary alicyclic amines) is 1. The summed E-state index contributed by atoms with van der Waals surface area (Å²) in [6.45, 7) is 0.0976. The number of allylic oxidation sites excluding steroid dienone is 2. The topological polar surface area (TPSA) is 63.7 Å². The zero-order valence-electron chi connectivity index (χ0n) is 17.0. The van der Waals surface area contributed by atoms with Crippen LogP contribution in [0.15, 0.2) is 66.7 Å². The van der Waals surface area contributed by atoms with Gasteiger partial charge in [0.15, 0.2) is 0 Å². The smallest absolute Gasteiger partial charge is 0.312 e. The van der Waals surface area contributed by atoms with Crippen molar-refractivity contribution in [2.75, 3.05) is 6.54 Å². The maximum Gasteiger partial charge on any atom is 0.312 e. The van der Waals surface area contributed by atoms with Gasteiger partial charge in [-0.25, -0.2) is 0 Å². The molecule has 6 unspecified atom stereocenters. The van der Waals surface area contributed by atoms with Gasteiger partial charge in [-0.05, 0) is 53.4 Å². The molecule has 0 N–H and O–H groups in total. The highest BCUT2D eigenvalue weighted by Crippen LogP contribution is 2.65. The molecule has 31 heavy (non-hydrogen) atoms. The maximum absolute atomic E-state index is 13.0. The third-order valence-electron chi connectivity index (χ3n) is 7.49. The highest BCUT2D eigenvalue weighted by Gasteiger charge is 2.66. The van der Waals surface area contributed by atoms with Crippen LogP contribution in [0.2, 0.25) is 0 Å². The summed E-state index contributed by atoms with van der Waals surface area (Å²) in [6, 6.07) is 17.3. The summed E-state index contributed by atoms with van der Waals surface area (Å²) >= 11 is 0. The molecule has 2 amide bonds. The minimum Gasteiger partial charge on any atom is -0.426 e. The molecular weight excluding hydrogens is 390 g/mol. The second kappa shape index (κ2) is 6.91. The van der Waals surface area contributed by atoms with Crippen LogP contribution < -0.4 is 4.74 Å². The Morgan fingerprint density at radius 1 is 0.839 bits per heavy atom. The van der Waals surface area contributed by atoms with Gasteiger partial charge in [-0.1, -0.05) is 54.6 Å². The van der Waals surface area contributed by atoms with Crippen molar-refractivity contribution in [3.63, 3.8) is 0 Å². The molecule has 0 radical (unpaired) electrons. The maximum atomic E-state index is 13.0. The Kier molecular flexibility index (Phi) is 4.13. The lowest BCUT2D eigenvalue weighted by Gasteiger charge is -2.37. The fourth-order valence-corrected chi connectivity index (χ4v) is 5.97. The van der Waals surface area contributed by atoms with E-state index in [0.29, 0.717) is 17.6 Å². The zero-order valence-corrected chi connectivity index (χ0v) is 17.0. The first kappa shape index (κ1) is 18.6. The first-order valence-electron chi connectivity index (χ1n) is 11.0. The Morgan fingerprint density at radius 2 is 1.42 bits per heavy atom. The lowest BCUT2D eigenvalue weighted by Crippen LogP contribution is -2.40. The molecule has 7 rings (SSSR count). The van der Waals surface area contributed by atoms with E-state index in [1.54, 1.807) is 12.1 Å². The van der Waals surface area contributed by atoms with Crippen molar-refractivity contribution in [3.8, 4) is 16.9 Å². The minimum absolute atomic E-state index is 0.00692. The third kappa shape index (κ3) is 2.94. The summed E-state index contributed by atoms with van der Waals surface area (Å²) in [4.78, 5) is 39.6. The number of nitrogens with zero attached hydrogens (tertiary/aromatic N) is 1. The highest BCUT2D eigenvalue weighted by molar-refractivity contribution is 6.06. The molecule has 1 heterocycles. The second-order valence-electron chi connectivity index (χ2n) is 9.10. The number of amides is 2. The molecule has 6 atom stereocenters. The van der Waals surface area contributed by atoms with E-state index in [2.05, 4.69) is 12.2 Å². The van der Waals surface area contributed by atoms with Gasteiger partial charge in [-0.2, -0.15) is 0 Å². The van der Waals surface area contributed by atoms with Crippen LogP contribution in [0.5, 0.6) is 5.75 Å². The van der Waals surface area contributed by atoms with Gasteiger partial charge < -0.3 is 4.74 Å². The average molecular weight is 413 g/mol. The van der Waals surface area contributed by atoms with Gasteiger partial charge in [0.25, 0.3) is 0 Å². The molecule has 0 spiro atoms. The number of benzene rings is 2. The lowest BCUT2D eigenvalue weighted by atomic mass is 9.63. The number of imide groups is 1. The van der Waals surface area contributed by atoms with Crippen LogP contribution >= 0.6 is 0 Å². The van der Waals surface area contributed by atoms with E-state index in [0.717, 1.165) is 17.5 Å². The van der Waals surface area contributed by atoms with E-state index < -0.39 is 5.97 Å². The van der Waals surface area contributed by atoms with Crippen LogP contribution in [0.4, 0.5) is 0 Å². The molecule has 156 valence electrons. The number of hydrogen-bond donors (Lipinski definition) is 0. The van der Waals surface area contributed by atoms with Crippen LogP contribution in [-0.2, 0) is 14.4 Å². The molecule has 5 nitrogen and oxygen atoms in total. The number of ether oxygens (including phenoxy) is 1. The van der Waals surface area contributed by atoms with Crippen molar-refractivity contribution in [1.82, 2.24) is 4.90 Å². The largest absolute Gasteiger partial charge is 0.426 e. The molecule has 2 aromatic rings. The molecule has 2 saturated carbocycles. The molecule has 1 saturated heterocycles. The van der Waals surface area contributed by atoms with Crippen molar-refractivity contribution in [1.29, 1.82) is 0 Å². The lowest BCUT2D eigenvalue weighted by molar-refractivity contribution is -0.141. The normalized spacial score (nSPS) is 32.1. The number of hydrogen-bond acceptors (Lipinski definition) is 4. The van der Waals surface area contributed by atoms with Gasteiger partial charge in [0.1, 0.15) is 5.75 Å². The van der Waals surface area contributed by atoms with E-state index in [4.69, 9.17) is 4.74 Å². The fraction of sp³-hybridized carbons (Fsp3) is 0.346. The SMILES string of the molecule is O=C(CCN1C(=O)C2C3C=CC(C4CC34)C2C1=O)Oc1ccc(-c2ccccc2)cc1. The number of esters is 1. The number of carbonyl (C=O) groups is 3. The first-order valence-corrected chi connectivity index (χ1v) is 11.0. The number of rotatable bonds is 5. The minimum atomic E-state index is -0.438. The molecule has 2 bridgehead atoms. The van der Waals surface area contributed by atoms with Gasteiger partial charge >= 0.3 is 5.97 Å². The quantitative estimate of drug-likeness (QED) is 0.325. The summed E-state index contributed by atoms with van der Waals surface area (Å²) in [6.07, 6.45) is 5.46. The monoisotopic (exact) mass is 413 g/mol. The van der Waals surface area contributed by atoms with Gasteiger partial charge in [-0.15, -0.1) is 0 Å². The van der Waals surface area contributed by atoms with Crippen molar-refractivity contribution >= 4 is 17.8 Å². The molecule has 1 aliphatic heterocycles. The van der Waals surface area contributed by atoms with Crippen molar-refractivity contribution in [2.24, 2.45) is 35.5 Å². The van der Waals surface area contributed by atoms with Crippen LogP contribution in [0.3, 0.4) is 0 Å². The summed E-state index contributed by atoms with van der Waals surface area (Å²) < 4.78 is 5.43. The van der Waals surface area contributed by atoms with Gasteiger partial charge in [0, 0.05) is 6.54 Å². The van der Waals surface area contributed by atoms with Gasteiger partial charge in [-0.3, -0.25) is 19.3 Å². The summed E-state index contributed by atoms with van der Waals surface area (Å²) in [7, 11) is 0. The van der Waals surface area contributed by atoms with E-state index in [1.807, 2.05) is 42.5 Å². The van der Waals surface area contributed by atoms with E-state index in [9.17, 15) is 14.4 Å². The van der Waals surface area contributed by atoms with Crippen molar-refractivity contribution < 1.29 is 19.1 Å². The predicted octanol–water partition coefficient (Wildman–Crippen LogP) is 3.70. The fourth-order valence-electron chi connectivity index (χ4n) is 5.97. The third-order valence-corrected chi connectivity index (χ3v) is 7.49. The van der Waals surface area contributed by atoms with Crippen LogP contribution in [0.1, 0.15) is 12.8 Å². The molecule has 0 aromatic heterocycles. The molecule has 4 aliphatic carbocycles. The van der Waals surface area contributed by atoms with Crippen molar-refractivity contribution in [3.05, 3.63) is 66.7 Å². The second-order valence-corrected chi connectivity index (χ2v) is 9.10. The average Bonchev–Trinajstić information content (AvgIpc) is 3.58. The molecule has 3 fully saturated rings. The Balaban J connectivity index is 1.08. The van der Waals surface area contributed by atoms with E-state index in [-0.39, 0.29) is 48.5 Å². The van der Waals surface area contributed by atoms with Crippen LogP contribution in [0.25, 0.3) is 11.1 Å². The predicted molar refractivity (Wildman–Crippen MR) is 114 cm³/mol. The van der Waals surface area contributed by atoms with Crippen LogP contribution in [-0.4, -0.2) is 29.2 Å². The van der Waals surface area contributed by atoms with Crippen molar-refractivity contribution in [2.45, 2.75) is 12.8 Å².